The molecule has 1 aliphatic rings. The van der Waals surface area contributed by atoms with Crippen molar-refractivity contribution in [2.75, 3.05) is 13.2 Å². The first kappa shape index (κ1) is 10.5. The molecule has 0 bridgehead atoms. The van der Waals surface area contributed by atoms with Crippen molar-refractivity contribution >= 4 is 5.91 Å². The van der Waals surface area contributed by atoms with Crippen LogP contribution in [0.4, 0.5) is 0 Å². The molecule has 0 aromatic carbocycles. The summed E-state index contributed by atoms with van der Waals surface area (Å²) in [6.07, 6.45) is 3.51. The van der Waals surface area contributed by atoms with Gasteiger partial charge in [-0.25, -0.2) is 0 Å². The lowest BCUT2D eigenvalue weighted by Crippen LogP contribution is -2.39. The van der Waals surface area contributed by atoms with Gasteiger partial charge in [-0.05, 0) is 26.2 Å². The number of nitrogens with two attached hydrogens (primary N) is 1. The van der Waals surface area contributed by atoms with E-state index >= 15 is 0 Å². The minimum absolute atomic E-state index is 0.0852. The normalized spacial score (nSPS) is 24.3. The van der Waals surface area contributed by atoms with E-state index in [1.54, 1.807) is 6.92 Å². The average molecular weight is 186 g/mol. The van der Waals surface area contributed by atoms with E-state index in [1.165, 1.54) is 0 Å². The van der Waals surface area contributed by atoms with Gasteiger partial charge in [-0.3, -0.25) is 4.79 Å². The van der Waals surface area contributed by atoms with E-state index in [2.05, 4.69) is 5.32 Å². The number of carbonyl (C=O) groups is 1. The Hall–Kier alpha value is -0.610. The summed E-state index contributed by atoms with van der Waals surface area (Å²) < 4.78 is 5.41. The Morgan fingerprint density at radius 1 is 1.77 bits per heavy atom. The Balaban J connectivity index is 2.03. The fraction of sp³-hybridized carbons (Fsp3) is 0.889. The molecule has 1 heterocycles. The second-order valence-corrected chi connectivity index (χ2v) is 3.50. The molecule has 4 nitrogen and oxygen atoms in total. The van der Waals surface area contributed by atoms with E-state index in [0.717, 1.165) is 25.9 Å². The van der Waals surface area contributed by atoms with Gasteiger partial charge >= 0.3 is 0 Å². The summed E-state index contributed by atoms with van der Waals surface area (Å²) >= 11 is 0. The molecule has 0 spiro atoms. The lowest BCUT2D eigenvalue weighted by molar-refractivity contribution is -0.122. The first-order chi connectivity index (χ1) is 6.20. The summed E-state index contributed by atoms with van der Waals surface area (Å²) in [6, 6.07) is -0.413. The molecule has 1 rings (SSSR count). The van der Waals surface area contributed by atoms with E-state index in [-0.39, 0.29) is 5.91 Å². The summed E-state index contributed by atoms with van der Waals surface area (Å²) in [6.45, 7) is 3.22. The fourth-order valence-electron chi connectivity index (χ4n) is 1.39. The van der Waals surface area contributed by atoms with Crippen LogP contribution in [0.5, 0.6) is 0 Å². The van der Waals surface area contributed by atoms with Gasteiger partial charge < -0.3 is 15.8 Å². The third-order valence-electron chi connectivity index (χ3n) is 2.20. The molecule has 0 saturated carbocycles. The zero-order valence-electron chi connectivity index (χ0n) is 8.08. The van der Waals surface area contributed by atoms with Crippen molar-refractivity contribution in [3.05, 3.63) is 0 Å². The minimum Gasteiger partial charge on any atom is -0.378 e. The molecule has 0 aliphatic carbocycles. The van der Waals surface area contributed by atoms with Crippen molar-refractivity contribution in [3.63, 3.8) is 0 Å². The SMILES string of the molecule is CC(N)C(=O)NCCC1CCCO1. The van der Waals surface area contributed by atoms with Crippen LogP contribution in [0.1, 0.15) is 26.2 Å². The zero-order valence-corrected chi connectivity index (χ0v) is 8.08. The number of rotatable bonds is 4. The second-order valence-electron chi connectivity index (χ2n) is 3.50. The van der Waals surface area contributed by atoms with Gasteiger partial charge in [-0.2, -0.15) is 0 Å². The Kier molecular flexibility index (Phi) is 4.18. The van der Waals surface area contributed by atoms with Crippen molar-refractivity contribution in [1.82, 2.24) is 5.32 Å². The molecular weight excluding hydrogens is 168 g/mol. The average Bonchev–Trinajstić information content (AvgIpc) is 2.56. The van der Waals surface area contributed by atoms with Crippen LogP contribution in [0.3, 0.4) is 0 Å². The molecule has 1 aliphatic heterocycles. The van der Waals surface area contributed by atoms with Crippen molar-refractivity contribution in [1.29, 1.82) is 0 Å². The molecule has 0 radical (unpaired) electrons. The third-order valence-corrected chi connectivity index (χ3v) is 2.20. The smallest absolute Gasteiger partial charge is 0.236 e. The topological polar surface area (TPSA) is 64.4 Å². The molecule has 3 N–H and O–H groups in total. The number of carbonyl (C=O) groups excluding carboxylic acids is 1. The maximum Gasteiger partial charge on any atom is 0.236 e. The van der Waals surface area contributed by atoms with Crippen LogP contribution in [0.2, 0.25) is 0 Å². The number of amides is 1. The first-order valence-corrected chi connectivity index (χ1v) is 4.85. The van der Waals surface area contributed by atoms with Crippen LogP contribution in [0.25, 0.3) is 0 Å². The summed E-state index contributed by atoms with van der Waals surface area (Å²) in [4.78, 5) is 11.0. The summed E-state index contributed by atoms with van der Waals surface area (Å²) in [5.74, 6) is -0.0852. The van der Waals surface area contributed by atoms with Crippen molar-refractivity contribution < 1.29 is 9.53 Å². The van der Waals surface area contributed by atoms with Crippen molar-refractivity contribution in [2.24, 2.45) is 5.73 Å². The van der Waals surface area contributed by atoms with E-state index in [0.29, 0.717) is 12.6 Å². The van der Waals surface area contributed by atoms with E-state index in [9.17, 15) is 4.79 Å². The molecule has 1 fully saturated rings. The lowest BCUT2D eigenvalue weighted by Gasteiger charge is -2.11. The third kappa shape index (κ3) is 3.74. The van der Waals surface area contributed by atoms with Crippen molar-refractivity contribution in [3.8, 4) is 0 Å². The molecule has 0 aromatic heterocycles. The monoisotopic (exact) mass is 186 g/mol. The minimum atomic E-state index is -0.413. The van der Waals surface area contributed by atoms with Crippen LogP contribution in [0, 0.1) is 0 Å². The van der Waals surface area contributed by atoms with E-state index in [1.807, 2.05) is 0 Å². The molecule has 76 valence electrons. The van der Waals surface area contributed by atoms with Crippen LogP contribution < -0.4 is 11.1 Å². The number of hydrogen-bond acceptors (Lipinski definition) is 3. The highest BCUT2D eigenvalue weighted by Gasteiger charge is 2.15. The predicted molar refractivity (Wildman–Crippen MR) is 50.3 cm³/mol. The Labute approximate surface area is 78.8 Å². The highest BCUT2D eigenvalue weighted by molar-refractivity contribution is 5.80. The Morgan fingerprint density at radius 3 is 3.08 bits per heavy atom. The van der Waals surface area contributed by atoms with Gasteiger partial charge in [0.15, 0.2) is 0 Å². The van der Waals surface area contributed by atoms with Crippen LogP contribution >= 0.6 is 0 Å². The van der Waals surface area contributed by atoms with Gasteiger partial charge in [-0.1, -0.05) is 0 Å². The highest BCUT2D eigenvalue weighted by Crippen LogP contribution is 2.14. The van der Waals surface area contributed by atoms with Gasteiger partial charge in [-0.15, -0.1) is 0 Å². The van der Waals surface area contributed by atoms with E-state index in [4.69, 9.17) is 10.5 Å². The van der Waals surface area contributed by atoms with Gasteiger partial charge in [0.2, 0.25) is 5.91 Å². The molecule has 0 aromatic rings. The van der Waals surface area contributed by atoms with Gasteiger partial charge in [0.25, 0.3) is 0 Å². The molecule has 2 unspecified atom stereocenters. The maximum atomic E-state index is 11.0. The predicted octanol–water partition coefficient (Wildman–Crippen LogP) is 0.0189. The number of nitrogens with one attached hydrogen (secondary N) is 1. The summed E-state index contributed by atoms with van der Waals surface area (Å²) in [7, 11) is 0. The van der Waals surface area contributed by atoms with Crippen LogP contribution in [0.15, 0.2) is 0 Å². The molecule has 1 amide bonds. The summed E-state index contributed by atoms with van der Waals surface area (Å²) in [5.41, 5.74) is 5.39. The zero-order chi connectivity index (χ0) is 9.68. The molecule has 1 saturated heterocycles. The van der Waals surface area contributed by atoms with Crippen molar-refractivity contribution in [2.45, 2.75) is 38.3 Å². The number of hydrogen-bond donors (Lipinski definition) is 2. The van der Waals surface area contributed by atoms with Gasteiger partial charge in [0.05, 0.1) is 12.1 Å². The van der Waals surface area contributed by atoms with Gasteiger partial charge in [0, 0.05) is 13.2 Å². The largest absolute Gasteiger partial charge is 0.378 e. The Morgan fingerprint density at radius 2 is 2.54 bits per heavy atom. The summed E-state index contributed by atoms with van der Waals surface area (Å²) in [5, 5.41) is 2.77. The number of ether oxygens (including phenoxy) is 1. The Bertz CT molecular complexity index is 165. The first-order valence-electron chi connectivity index (χ1n) is 4.85. The lowest BCUT2D eigenvalue weighted by atomic mass is 10.2. The fourth-order valence-corrected chi connectivity index (χ4v) is 1.39. The molecule has 4 heteroatoms. The molecule has 13 heavy (non-hydrogen) atoms. The second kappa shape index (κ2) is 5.19. The van der Waals surface area contributed by atoms with Crippen LogP contribution in [-0.2, 0) is 9.53 Å². The molecular formula is C9H18N2O2. The quantitative estimate of drug-likeness (QED) is 0.650. The van der Waals surface area contributed by atoms with Gasteiger partial charge in [0.1, 0.15) is 0 Å². The highest BCUT2D eigenvalue weighted by atomic mass is 16.5. The standard InChI is InChI=1S/C9H18N2O2/c1-7(10)9(12)11-5-4-8-3-2-6-13-8/h7-8H,2-6,10H2,1H3,(H,11,12). The molecule has 2 atom stereocenters. The van der Waals surface area contributed by atoms with E-state index < -0.39 is 6.04 Å². The van der Waals surface area contributed by atoms with Crippen LogP contribution in [-0.4, -0.2) is 31.2 Å². The maximum absolute atomic E-state index is 11.0.